The molecule has 0 unspecified atom stereocenters. The van der Waals surface area contributed by atoms with Crippen LogP contribution < -0.4 is 5.32 Å². The monoisotopic (exact) mass is 243 g/mol. The largest absolute Gasteiger partial charge is 0.471 e. The third kappa shape index (κ3) is 3.94. The van der Waals surface area contributed by atoms with E-state index in [2.05, 4.69) is 52.5 Å². The number of hydrogen-bond acceptors (Lipinski definition) is 3. The molecule has 1 N–H and O–H groups in total. The average molecular weight is 243 g/mol. The van der Waals surface area contributed by atoms with Gasteiger partial charge < -0.3 is 10.1 Å². The lowest BCUT2D eigenvalue weighted by Crippen LogP contribution is -1.90. The highest BCUT2D eigenvalue weighted by Crippen LogP contribution is 2.26. The highest BCUT2D eigenvalue weighted by atomic mass is 16.5. The van der Waals surface area contributed by atoms with Crippen LogP contribution in [0.4, 0.5) is 5.69 Å². The lowest BCUT2D eigenvalue weighted by atomic mass is 10.0. The number of para-hydroxylation sites is 1. The van der Waals surface area contributed by atoms with Gasteiger partial charge in [-0.15, -0.1) is 0 Å². The van der Waals surface area contributed by atoms with Crippen LogP contribution in [-0.4, -0.2) is 20.6 Å². The van der Waals surface area contributed by atoms with Crippen molar-refractivity contribution in [2.75, 3.05) is 19.5 Å². The summed E-state index contributed by atoms with van der Waals surface area (Å²) >= 11 is 0. The minimum atomic E-state index is 0.375. The minimum Gasteiger partial charge on any atom is -0.471 e. The van der Waals surface area contributed by atoms with Crippen LogP contribution in [0.5, 0.6) is 0 Å². The predicted molar refractivity (Wildman–Crippen MR) is 74.5 cm³/mol. The molecule has 0 saturated carbocycles. The second kappa shape index (κ2) is 7.90. The number of rotatable bonds is 3. The molecule has 0 aliphatic rings. The predicted octanol–water partition coefficient (Wildman–Crippen LogP) is 3.18. The van der Waals surface area contributed by atoms with E-state index in [4.69, 9.17) is 4.79 Å². The number of ether oxygens (including phenoxy) is 1. The second-order valence-corrected chi connectivity index (χ2v) is 3.49. The molecule has 0 aliphatic heterocycles. The molecule has 0 spiro atoms. The summed E-state index contributed by atoms with van der Waals surface area (Å²) < 4.78 is 3.86. The highest BCUT2D eigenvalue weighted by molar-refractivity contribution is 5.77. The van der Waals surface area contributed by atoms with Gasteiger partial charge in [0.2, 0.25) is 0 Å². The molecule has 0 aliphatic carbocycles. The van der Waals surface area contributed by atoms with Crippen LogP contribution in [0, 0.1) is 0 Å². The summed E-state index contributed by atoms with van der Waals surface area (Å²) in [6.45, 7) is 0.375. The Hall–Kier alpha value is -2.29. The van der Waals surface area contributed by atoms with Crippen LogP contribution in [0.2, 0.25) is 0 Å². The van der Waals surface area contributed by atoms with Crippen molar-refractivity contribution >= 4 is 12.2 Å². The van der Waals surface area contributed by atoms with E-state index in [1.807, 2.05) is 19.2 Å². The van der Waals surface area contributed by atoms with Gasteiger partial charge in [-0.05, 0) is 11.6 Å². The molecule has 0 heterocycles. The zero-order chi connectivity index (χ0) is 13.2. The Morgan fingerprint density at radius 3 is 2.11 bits per heavy atom. The summed E-state index contributed by atoms with van der Waals surface area (Å²) in [5.41, 5.74) is 3.66. The van der Waals surface area contributed by atoms with Gasteiger partial charge in [-0.25, -0.2) is 0 Å². The highest BCUT2D eigenvalue weighted by Gasteiger charge is 2.00. The molecule has 0 saturated heterocycles. The van der Waals surface area contributed by atoms with E-state index in [9.17, 15) is 0 Å². The fourth-order valence-electron chi connectivity index (χ4n) is 1.57. The summed E-state index contributed by atoms with van der Waals surface area (Å²) in [5, 5.41) is 3.19. The van der Waals surface area contributed by atoms with Crippen LogP contribution in [-0.2, 0) is 9.53 Å². The molecule has 2 aromatic rings. The molecule has 0 aromatic heterocycles. The van der Waals surface area contributed by atoms with E-state index in [0.29, 0.717) is 6.47 Å². The molecule has 0 bridgehead atoms. The van der Waals surface area contributed by atoms with Crippen molar-refractivity contribution in [1.82, 2.24) is 0 Å². The van der Waals surface area contributed by atoms with Crippen molar-refractivity contribution in [3.8, 4) is 11.1 Å². The van der Waals surface area contributed by atoms with Gasteiger partial charge in [0.05, 0.1) is 7.11 Å². The number of methoxy groups -OCH3 is 1. The fourth-order valence-corrected chi connectivity index (χ4v) is 1.57. The van der Waals surface area contributed by atoms with E-state index >= 15 is 0 Å². The summed E-state index contributed by atoms with van der Waals surface area (Å²) in [6.07, 6.45) is 0. The number of hydrogen-bond donors (Lipinski definition) is 1. The number of nitrogens with one attached hydrogen (secondary N) is 1. The first-order valence-corrected chi connectivity index (χ1v) is 5.62. The van der Waals surface area contributed by atoms with Crippen molar-refractivity contribution in [1.29, 1.82) is 0 Å². The molecule has 0 radical (unpaired) electrons. The lowest BCUT2D eigenvalue weighted by molar-refractivity contribution is -0.126. The molecule has 94 valence electrons. The minimum absolute atomic E-state index is 0.375. The standard InChI is InChI=1S/C13H13N.C2H4O2/c1-14-13-10-6-5-9-12(13)11-7-3-2-4-8-11;1-4-2-3/h2-10,14H,1H3;2H,1H3. The summed E-state index contributed by atoms with van der Waals surface area (Å²) in [5.74, 6) is 0. The Morgan fingerprint density at radius 2 is 1.56 bits per heavy atom. The Balaban J connectivity index is 0.000000357. The van der Waals surface area contributed by atoms with Gasteiger partial charge in [-0.2, -0.15) is 0 Å². The Morgan fingerprint density at radius 1 is 1.00 bits per heavy atom. The summed E-state index contributed by atoms with van der Waals surface area (Å²) in [7, 11) is 3.26. The molecular weight excluding hydrogens is 226 g/mol. The van der Waals surface area contributed by atoms with Crippen LogP contribution in [0.15, 0.2) is 54.6 Å². The number of anilines is 1. The molecule has 2 rings (SSSR count). The average Bonchev–Trinajstić information content (AvgIpc) is 2.48. The Kier molecular flexibility index (Phi) is 6.04. The molecule has 2 aromatic carbocycles. The first kappa shape index (κ1) is 13.8. The maximum absolute atomic E-state index is 8.95. The number of carbonyl (C=O) groups is 1. The van der Waals surface area contributed by atoms with E-state index in [1.54, 1.807) is 0 Å². The normalized spacial score (nSPS) is 8.78. The molecule has 3 nitrogen and oxygen atoms in total. The third-order valence-corrected chi connectivity index (χ3v) is 2.38. The van der Waals surface area contributed by atoms with Crippen LogP contribution >= 0.6 is 0 Å². The maximum Gasteiger partial charge on any atom is 0.292 e. The van der Waals surface area contributed by atoms with E-state index in [-0.39, 0.29) is 0 Å². The van der Waals surface area contributed by atoms with Crippen molar-refractivity contribution in [3.63, 3.8) is 0 Å². The lowest BCUT2D eigenvalue weighted by Gasteiger charge is -2.08. The summed E-state index contributed by atoms with van der Waals surface area (Å²) in [4.78, 5) is 8.95. The first-order valence-electron chi connectivity index (χ1n) is 5.62. The van der Waals surface area contributed by atoms with Gasteiger partial charge in [0.25, 0.3) is 6.47 Å². The van der Waals surface area contributed by atoms with Crippen molar-refractivity contribution in [2.45, 2.75) is 0 Å². The topological polar surface area (TPSA) is 38.3 Å². The second-order valence-electron chi connectivity index (χ2n) is 3.49. The van der Waals surface area contributed by atoms with Gasteiger partial charge >= 0.3 is 0 Å². The maximum atomic E-state index is 8.95. The molecule has 18 heavy (non-hydrogen) atoms. The van der Waals surface area contributed by atoms with Gasteiger partial charge in [0, 0.05) is 18.3 Å². The molecule has 0 fully saturated rings. The Bertz CT molecular complexity index is 469. The molecule has 3 heteroatoms. The van der Waals surface area contributed by atoms with Gasteiger partial charge in [0.15, 0.2) is 0 Å². The molecule has 0 atom stereocenters. The first-order chi connectivity index (χ1) is 8.83. The van der Waals surface area contributed by atoms with Crippen molar-refractivity contribution in [3.05, 3.63) is 54.6 Å². The molecule has 0 amide bonds. The zero-order valence-corrected chi connectivity index (χ0v) is 10.6. The van der Waals surface area contributed by atoms with E-state index in [1.165, 1.54) is 23.9 Å². The number of benzene rings is 2. The smallest absolute Gasteiger partial charge is 0.292 e. The Labute approximate surface area is 107 Å². The fraction of sp³-hybridized carbons (Fsp3) is 0.133. The third-order valence-electron chi connectivity index (χ3n) is 2.38. The van der Waals surface area contributed by atoms with Gasteiger partial charge in [-0.3, -0.25) is 4.79 Å². The quantitative estimate of drug-likeness (QED) is 0.841. The zero-order valence-electron chi connectivity index (χ0n) is 10.6. The van der Waals surface area contributed by atoms with Crippen LogP contribution in [0.1, 0.15) is 0 Å². The van der Waals surface area contributed by atoms with Crippen LogP contribution in [0.25, 0.3) is 11.1 Å². The van der Waals surface area contributed by atoms with Crippen molar-refractivity contribution < 1.29 is 9.53 Å². The SMILES string of the molecule is CNc1ccccc1-c1ccccc1.COC=O. The van der Waals surface area contributed by atoms with E-state index in [0.717, 1.165) is 0 Å². The number of carbonyl (C=O) groups excluding carboxylic acids is 1. The summed E-state index contributed by atoms with van der Waals surface area (Å²) in [6, 6.07) is 18.7. The van der Waals surface area contributed by atoms with Gasteiger partial charge in [-0.1, -0.05) is 48.5 Å². The van der Waals surface area contributed by atoms with Crippen LogP contribution in [0.3, 0.4) is 0 Å². The molecular formula is C15H17NO2. The van der Waals surface area contributed by atoms with Crippen molar-refractivity contribution in [2.24, 2.45) is 0 Å². The van der Waals surface area contributed by atoms with E-state index < -0.39 is 0 Å². The van der Waals surface area contributed by atoms with Gasteiger partial charge in [0.1, 0.15) is 0 Å².